The van der Waals surface area contributed by atoms with Gasteiger partial charge in [0.2, 0.25) is 0 Å². The average molecular weight is 271 g/mol. The second-order valence-electron chi connectivity index (χ2n) is 3.26. The van der Waals surface area contributed by atoms with Gasteiger partial charge in [0.1, 0.15) is 5.82 Å². The quantitative estimate of drug-likeness (QED) is 0.854. The molecule has 1 aromatic rings. The zero-order chi connectivity index (χ0) is 11.3. The SMILES string of the molecule is CC(NCCC#N)c1ccc(F)c(Br)c1. The van der Waals surface area contributed by atoms with Gasteiger partial charge in [0, 0.05) is 19.0 Å². The van der Waals surface area contributed by atoms with Crippen LogP contribution >= 0.6 is 15.9 Å². The van der Waals surface area contributed by atoms with Crippen LogP contribution in [0.2, 0.25) is 0 Å². The topological polar surface area (TPSA) is 35.8 Å². The maximum Gasteiger partial charge on any atom is 0.137 e. The number of rotatable bonds is 4. The lowest BCUT2D eigenvalue weighted by Gasteiger charge is -2.13. The van der Waals surface area contributed by atoms with Crippen molar-refractivity contribution < 1.29 is 4.39 Å². The first-order valence-corrected chi connectivity index (χ1v) is 5.49. The van der Waals surface area contributed by atoms with Crippen molar-refractivity contribution >= 4 is 15.9 Å². The summed E-state index contributed by atoms with van der Waals surface area (Å²) in [7, 11) is 0. The summed E-state index contributed by atoms with van der Waals surface area (Å²) in [6.45, 7) is 2.63. The minimum atomic E-state index is -0.261. The van der Waals surface area contributed by atoms with Gasteiger partial charge in [-0.1, -0.05) is 6.07 Å². The number of nitriles is 1. The largest absolute Gasteiger partial charge is 0.309 e. The van der Waals surface area contributed by atoms with Crippen LogP contribution in [0.1, 0.15) is 24.9 Å². The van der Waals surface area contributed by atoms with Crippen LogP contribution in [0, 0.1) is 17.1 Å². The van der Waals surface area contributed by atoms with Crippen molar-refractivity contribution in [2.45, 2.75) is 19.4 Å². The summed E-state index contributed by atoms with van der Waals surface area (Å²) in [4.78, 5) is 0. The van der Waals surface area contributed by atoms with Crippen LogP contribution < -0.4 is 5.32 Å². The van der Waals surface area contributed by atoms with Gasteiger partial charge in [-0.3, -0.25) is 0 Å². The van der Waals surface area contributed by atoms with Crippen LogP contribution in [0.25, 0.3) is 0 Å². The van der Waals surface area contributed by atoms with E-state index in [9.17, 15) is 4.39 Å². The Balaban J connectivity index is 2.62. The van der Waals surface area contributed by atoms with E-state index in [1.165, 1.54) is 6.07 Å². The van der Waals surface area contributed by atoms with E-state index in [0.717, 1.165) is 5.56 Å². The summed E-state index contributed by atoms with van der Waals surface area (Å²) < 4.78 is 13.4. The highest BCUT2D eigenvalue weighted by molar-refractivity contribution is 9.10. The molecule has 0 aliphatic heterocycles. The van der Waals surface area contributed by atoms with Crippen molar-refractivity contribution in [2.24, 2.45) is 0 Å². The van der Waals surface area contributed by atoms with Crippen molar-refractivity contribution in [1.82, 2.24) is 5.32 Å². The summed E-state index contributed by atoms with van der Waals surface area (Å²) in [6.07, 6.45) is 0.479. The molecule has 2 nitrogen and oxygen atoms in total. The molecule has 0 saturated carbocycles. The molecule has 0 spiro atoms. The van der Waals surface area contributed by atoms with Gasteiger partial charge >= 0.3 is 0 Å². The summed E-state index contributed by atoms with van der Waals surface area (Å²) in [6, 6.07) is 7.11. The molecule has 0 bridgehead atoms. The third-order valence-electron chi connectivity index (χ3n) is 2.13. The van der Waals surface area contributed by atoms with E-state index in [1.807, 2.05) is 6.92 Å². The van der Waals surface area contributed by atoms with Crippen molar-refractivity contribution in [3.8, 4) is 6.07 Å². The van der Waals surface area contributed by atoms with Crippen molar-refractivity contribution in [2.75, 3.05) is 6.54 Å². The first kappa shape index (κ1) is 12.2. The first-order chi connectivity index (χ1) is 7.15. The zero-order valence-electron chi connectivity index (χ0n) is 8.43. The molecule has 0 amide bonds. The van der Waals surface area contributed by atoms with Crippen LogP contribution in [0.15, 0.2) is 22.7 Å². The highest BCUT2D eigenvalue weighted by atomic mass is 79.9. The lowest BCUT2D eigenvalue weighted by molar-refractivity contribution is 0.577. The lowest BCUT2D eigenvalue weighted by Crippen LogP contribution is -2.19. The number of hydrogen-bond donors (Lipinski definition) is 1. The van der Waals surface area contributed by atoms with Gasteiger partial charge in [-0.05, 0) is 40.5 Å². The van der Waals surface area contributed by atoms with E-state index in [0.29, 0.717) is 17.4 Å². The molecule has 1 unspecified atom stereocenters. The Morgan fingerprint density at radius 3 is 2.93 bits per heavy atom. The Bertz CT molecular complexity index is 373. The molecule has 4 heteroatoms. The molecule has 0 heterocycles. The molecule has 80 valence electrons. The fourth-order valence-electron chi connectivity index (χ4n) is 1.24. The summed E-state index contributed by atoms with van der Waals surface area (Å²) in [5, 5.41) is 11.6. The fraction of sp³-hybridized carbons (Fsp3) is 0.364. The number of nitrogens with zero attached hydrogens (tertiary/aromatic N) is 1. The van der Waals surface area contributed by atoms with Gasteiger partial charge in [-0.2, -0.15) is 5.26 Å². The van der Waals surface area contributed by atoms with Crippen molar-refractivity contribution in [3.63, 3.8) is 0 Å². The molecular formula is C11H12BrFN2. The molecule has 1 N–H and O–H groups in total. The molecule has 1 rings (SSSR count). The van der Waals surface area contributed by atoms with Crippen molar-refractivity contribution in [1.29, 1.82) is 5.26 Å². The van der Waals surface area contributed by atoms with E-state index < -0.39 is 0 Å². The number of halogens is 2. The van der Waals surface area contributed by atoms with Crippen LogP contribution in [-0.4, -0.2) is 6.54 Å². The Morgan fingerprint density at radius 1 is 1.60 bits per heavy atom. The standard InChI is InChI=1S/C11H12BrFN2/c1-8(15-6-2-5-14)9-3-4-11(13)10(12)7-9/h3-4,7-8,15H,2,6H2,1H3. The smallest absolute Gasteiger partial charge is 0.137 e. The number of benzene rings is 1. The Morgan fingerprint density at radius 2 is 2.33 bits per heavy atom. The van der Waals surface area contributed by atoms with Crippen LogP contribution in [0.3, 0.4) is 0 Å². The van der Waals surface area contributed by atoms with Crippen LogP contribution in [0.4, 0.5) is 4.39 Å². The van der Waals surface area contributed by atoms with E-state index >= 15 is 0 Å². The van der Waals surface area contributed by atoms with Crippen LogP contribution in [0.5, 0.6) is 0 Å². The summed E-state index contributed by atoms with van der Waals surface area (Å²) in [5.74, 6) is -0.261. The molecule has 0 aromatic heterocycles. The van der Waals surface area contributed by atoms with E-state index in [-0.39, 0.29) is 11.9 Å². The molecule has 0 saturated heterocycles. The average Bonchev–Trinajstić information content (AvgIpc) is 2.22. The van der Waals surface area contributed by atoms with Gasteiger partial charge in [0.15, 0.2) is 0 Å². The van der Waals surface area contributed by atoms with Gasteiger partial charge in [0.25, 0.3) is 0 Å². The second kappa shape index (κ2) is 5.84. The van der Waals surface area contributed by atoms with Gasteiger partial charge < -0.3 is 5.32 Å². The minimum Gasteiger partial charge on any atom is -0.309 e. The number of hydrogen-bond acceptors (Lipinski definition) is 2. The molecule has 15 heavy (non-hydrogen) atoms. The molecule has 0 radical (unpaired) electrons. The highest BCUT2D eigenvalue weighted by Gasteiger charge is 2.06. The molecule has 0 aliphatic rings. The zero-order valence-corrected chi connectivity index (χ0v) is 10.0. The minimum absolute atomic E-state index is 0.121. The molecule has 0 aliphatic carbocycles. The van der Waals surface area contributed by atoms with E-state index in [2.05, 4.69) is 27.3 Å². The van der Waals surface area contributed by atoms with E-state index in [4.69, 9.17) is 5.26 Å². The highest BCUT2D eigenvalue weighted by Crippen LogP contribution is 2.20. The molecule has 1 aromatic carbocycles. The number of nitrogens with one attached hydrogen (secondary N) is 1. The maximum absolute atomic E-state index is 13.0. The molecule has 0 fully saturated rings. The predicted molar refractivity (Wildman–Crippen MR) is 60.7 cm³/mol. The Hall–Kier alpha value is -0.920. The summed E-state index contributed by atoms with van der Waals surface area (Å²) in [5.41, 5.74) is 1.00. The Kier molecular flexibility index (Phi) is 4.73. The lowest BCUT2D eigenvalue weighted by atomic mass is 10.1. The first-order valence-electron chi connectivity index (χ1n) is 4.70. The maximum atomic E-state index is 13.0. The van der Waals surface area contributed by atoms with Gasteiger partial charge in [-0.25, -0.2) is 4.39 Å². The van der Waals surface area contributed by atoms with Crippen LogP contribution in [-0.2, 0) is 0 Å². The summed E-state index contributed by atoms with van der Waals surface area (Å²) >= 11 is 3.14. The molecule has 1 atom stereocenters. The normalized spacial score (nSPS) is 12.1. The van der Waals surface area contributed by atoms with Gasteiger partial charge in [-0.15, -0.1) is 0 Å². The fourth-order valence-corrected chi connectivity index (χ4v) is 1.64. The predicted octanol–water partition coefficient (Wildman–Crippen LogP) is 3.15. The van der Waals surface area contributed by atoms with Gasteiger partial charge in [0.05, 0.1) is 10.5 Å². The van der Waals surface area contributed by atoms with E-state index in [1.54, 1.807) is 12.1 Å². The third kappa shape index (κ3) is 3.61. The second-order valence-corrected chi connectivity index (χ2v) is 4.11. The monoisotopic (exact) mass is 270 g/mol. The Labute approximate surface area is 97.2 Å². The van der Waals surface area contributed by atoms with Crippen molar-refractivity contribution in [3.05, 3.63) is 34.1 Å². The third-order valence-corrected chi connectivity index (χ3v) is 2.74. The molecular weight excluding hydrogens is 259 g/mol.